The van der Waals surface area contributed by atoms with Crippen molar-refractivity contribution in [2.45, 2.75) is 39.0 Å². The van der Waals surface area contributed by atoms with E-state index < -0.39 is 0 Å². The molecule has 1 aromatic carbocycles. The molecule has 1 aliphatic heterocycles. The van der Waals surface area contributed by atoms with Crippen LogP contribution in [0.5, 0.6) is 0 Å². The number of rotatable bonds is 6. The maximum absolute atomic E-state index is 13.8. The van der Waals surface area contributed by atoms with E-state index in [4.69, 9.17) is 9.26 Å². The van der Waals surface area contributed by atoms with Gasteiger partial charge < -0.3 is 14.2 Å². The van der Waals surface area contributed by atoms with Crippen LogP contribution >= 0.6 is 0 Å². The molecule has 136 valence electrons. The van der Waals surface area contributed by atoms with Gasteiger partial charge in [-0.15, -0.1) is 0 Å². The number of aryl methyl sites for hydroxylation is 1. The van der Waals surface area contributed by atoms with Crippen LogP contribution in [0.2, 0.25) is 0 Å². The van der Waals surface area contributed by atoms with Crippen molar-refractivity contribution in [1.29, 1.82) is 0 Å². The topological polar surface area (TPSA) is 54.6 Å². The zero-order chi connectivity index (χ0) is 17.8. The van der Waals surface area contributed by atoms with Gasteiger partial charge in [0.25, 0.3) is 0 Å². The summed E-state index contributed by atoms with van der Waals surface area (Å²) in [6.45, 7) is 4.77. The third-order valence-corrected chi connectivity index (χ3v) is 4.57. The van der Waals surface area contributed by atoms with Crippen LogP contribution in [0.1, 0.15) is 30.1 Å². The minimum Gasteiger partial charge on any atom is -0.381 e. The van der Waals surface area contributed by atoms with Gasteiger partial charge in [0, 0.05) is 32.4 Å². The Morgan fingerprint density at radius 3 is 2.72 bits per heavy atom. The molecule has 1 saturated heterocycles. The number of benzene rings is 1. The molecule has 0 saturated carbocycles. The number of nitrogens with zero attached hydrogens (tertiary/aromatic N) is 4. The maximum atomic E-state index is 13.8. The van der Waals surface area contributed by atoms with Crippen molar-refractivity contribution in [2.75, 3.05) is 32.1 Å². The molecule has 0 bridgehead atoms. The molecule has 0 atom stereocenters. The van der Waals surface area contributed by atoms with Crippen LogP contribution in [0.15, 0.2) is 22.7 Å². The Balaban J connectivity index is 1.70. The molecule has 0 radical (unpaired) electrons. The first-order valence-corrected chi connectivity index (χ1v) is 8.59. The van der Waals surface area contributed by atoms with Crippen LogP contribution in [0.25, 0.3) is 0 Å². The monoisotopic (exact) mass is 348 g/mol. The van der Waals surface area contributed by atoms with Crippen molar-refractivity contribution < 1.29 is 13.7 Å². The summed E-state index contributed by atoms with van der Waals surface area (Å²) < 4.78 is 24.4. The molecule has 6 nitrogen and oxygen atoms in total. The lowest BCUT2D eigenvalue weighted by molar-refractivity contribution is 0.0818. The zero-order valence-electron chi connectivity index (χ0n) is 15.0. The second kappa shape index (κ2) is 7.93. The number of halogens is 1. The number of ether oxygens (including phenoxy) is 1. The second-order valence-corrected chi connectivity index (χ2v) is 6.60. The van der Waals surface area contributed by atoms with Crippen LogP contribution in [0.4, 0.5) is 10.1 Å². The van der Waals surface area contributed by atoms with Crippen molar-refractivity contribution in [3.8, 4) is 0 Å². The van der Waals surface area contributed by atoms with E-state index in [1.807, 2.05) is 18.0 Å². The maximum Gasteiger partial charge on any atom is 0.240 e. The predicted molar refractivity (Wildman–Crippen MR) is 92.9 cm³/mol. The summed E-state index contributed by atoms with van der Waals surface area (Å²) in [6.07, 6.45) is 2.30. The number of hydrogen-bond donors (Lipinski definition) is 0. The van der Waals surface area contributed by atoms with Gasteiger partial charge in [-0.1, -0.05) is 5.16 Å². The molecule has 7 heteroatoms. The fourth-order valence-corrected chi connectivity index (χ4v) is 3.30. The SMILES string of the molecule is COC1CCN(c2ccc(F)cc2CN(C)Cc2nc(C)no2)CC1. The van der Waals surface area contributed by atoms with E-state index in [2.05, 4.69) is 15.0 Å². The quantitative estimate of drug-likeness (QED) is 0.800. The zero-order valence-corrected chi connectivity index (χ0v) is 15.0. The lowest BCUT2D eigenvalue weighted by Crippen LogP contribution is -2.37. The standard InChI is InChI=1S/C18H25FN4O2/c1-13-20-18(25-21-13)12-22(2)11-14-10-15(19)4-5-17(14)23-8-6-16(24-3)7-9-23/h4-5,10,16H,6-9,11-12H2,1-3H3. The Kier molecular flexibility index (Phi) is 5.65. The highest BCUT2D eigenvalue weighted by atomic mass is 19.1. The van der Waals surface area contributed by atoms with Gasteiger partial charge in [0.1, 0.15) is 5.82 Å². The Hall–Kier alpha value is -1.99. The molecule has 1 aliphatic rings. The van der Waals surface area contributed by atoms with Crippen LogP contribution in [0, 0.1) is 12.7 Å². The number of hydrogen-bond acceptors (Lipinski definition) is 6. The second-order valence-electron chi connectivity index (χ2n) is 6.60. The molecule has 25 heavy (non-hydrogen) atoms. The summed E-state index contributed by atoms with van der Waals surface area (Å²) in [5.41, 5.74) is 2.05. The normalized spacial score (nSPS) is 16.0. The molecule has 2 heterocycles. The third-order valence-electron chi connectivity index (χ3n) is 4.57. The lowest BCUT2D eigenvalue weighted by Gasteiger charge is -2.34. The van der Waals surface area contributed by atoms with Gasteiger partial charge in [-0.05, 0) is 50.6 Å². The summed E-state index contributed by atoms with van der Waals surface area (Å²) >= 11 is 0. The minimum atomic E-state index is -0.215. The first kappa shape index (κ1) is 17.8. The van der Waals surface area contributed by atoms with Crippen molar-refractivity contribution in [1.82, 2.24) is 15.0 Å². The fourth-order valence-electron chi connectivity index (χ4n) is 3.30. The van der Waals surface area contributed by atoms with Crippen LogP contribution < -0.4 is 4.90 Å². The molecule has 0 unspecified atom stereocenters. The number of anilines is 1. The Labute approximate surface area is 147 Å². The molecular weight excluding hydrogens is 323 g/mol. The van der Waals surface area contributed by atoms with Crippen LogP contribution in [-0.2, 0) is 17.8 Å². The number of piperidine rings is 1. The first-order valence-electron chi connectivity index (χ1n) is 8.59. The van der Waals surface area contributed by atoms with Gasteiger partial charge in [-0.3, -0.25) is 4.90 Å². The highest BCUT2D eigenvalue weighted by Crippen LogP contribution is 2.27. The number of methoxy groups -OCH3 is 1. The molecule has 0 N–H and O–H groups in total. The molecule has 0 amide bonds. The molecule has 0 aliphatic carbocycles. The smallest absolute Gasteiger partial charge is 0.240 e. The summed E-state index contributed by atoms with van der Waals surface area (Å²) in [5.74, 6) is 0.974. The van der Waals surface area contributed by atoms with E-state index in [1.54, 1.807) is 20.1 Å². The molecular formula is C18H25FN4O2. The summed E-state index contributed by atoms with van der Waals surface area (Å²) in [4.78, 5) is 8.59. The van der Waals surface area contributed by atoms with Gasteiger partial charge in [-0.25, -0.2) is 4.39 Å². The van der Waals surface area contributed by atoms with Crippen molar-refractivity contribution in [2.24, 2.45) is 0 Å². The van der Waals surface area contributed by atoms with Gasteiger partial charge in [-0.2, -0.15) is 4.98 Å². The Morgan fingerprint density at radius 2 is 2.08 bits per heavy atom. The van der Waals surface area contributed by atoms with E-state index in [1.165, 1.54) is 6.07 Å². The number of aromatic nitrogens is 2. The highest BCUT2D eigenvalue weighted by Gasteiger charge is 2.21. The molecule has 2 aromatic rings. The Bertz CT molecular complexity index is 698. The van der Waals surface area contributed by atoms with Crippen LogP contribution in [0.3, 0.4) is 0 Å². The third kappa shape index (κ3) is 4.55. The first-order chi connectivity index (χ1) is 12.0. The molecule has 3 rings (SSSR count). The summed E-state index contributed by atoms with van der Waals surface area (Å²) in [6, 6.07) is 5.03. The van der Waals surface area contributed by atoms with E-state index >= 15 is 0 Å². The van der Waals surface area contributed by atoms with Crippen molar-refractivity contribution in [3.63, 3.8) is 0 Å². The summed E-state index contributed by atoms with van der Waals surface area (Å²) in [5, 5.41) is 3.80. The molecule has 1 fully saturated rings. The van der Waals surface area contributed by atoms with E-state index in [0.717, 1.165) is 37.2 Å². The van der Waals surface area contributed by atoms with Crippen molar-refractivity contribution >= 4 is 5.69 Å². The van der Waals surface area contributed by atoms with Gasteiger partial charge >= 0.3 is 0 Å². The minimum absolute atomic E-state index is 0.215. The predicted octanol–water partition coefficient (Wildman–Crippen LogP) is 2.76. The lowest BCUT2D eigenvalue weighted by atomic mass is 10.0. The fraction of sp³-hybridized carbons (Fsp3) is 0.556. The van der Waals surface area contributed by atoms with E-state index in [-0.39, 0.29) is 5.82 Å². The Morgan fingerprint density at radius 1 is 1.32 bits per heavy atom. The largest absolute Gasteiger partial charge is 0.381 e. The average Bonchev–Trinajstić information content (AvgIpc) is 3.00. The summed E-state index contributed by atoms with van der Waals surface area (Å²) in [7, 11) is 3.73. The molecule has 1 aromatic heterocycles. The van der Waals surface area contributed by atoms with Gasteiger partial charge in [0.15, 0.2) is 5.82 Å². The highest BCUT2D eigenvalue weighted by molar-refractivity contribution is 5.54. The van der Waals surface area contributed by atoms with E-state index in [0.29, 0.717) is 30.9 Å². The molecule has 0 spiro atoms. The van der Waals surface area contributed by atoms with E-state index in [9.17, 15) is 4.39 Å². The van der Waals surface area contributed by atoms with Gasteiger partial charge in [0.2, 0.25) is 5.89 Å². The average molecular weight is 348 g/mol. The van der Waals surface area contributed by atoms with Crippen molar-refractivity contribution in [3.05, 3.63) is 41.3 Å². The van der Waals surface area contributed by atoms with Gasteiger partial charge in [0.05, 0.1) is 12.6 Å². The van der Waals surface area contributed by atoms with Crippen LogP contribution in [-0.4, -0.2) is 48.4 Å².